The van der Waals surface area contributed by atoms with Crippen molar-refractivity contribution in [3.05, 3.63) is 47.9 Å². The number of ether oxygens (including phenoxy) is 1. The van der Waals surface area contributed by atoms with Gasteiger partial charge in [-0.2, -0.15) is 4.31 Å². The average Bonchev–Trinajstić information content (AvgIpc) is 3.23. The molecule has 0 bridgehead atoms. The van der Waals surface area contributed by atoms with Crippen LogP contribution >= 0.6 is 0 Å². The number of methoxy groups -OCH3 is 1. The van der Waals surface area contributed by atoms with E-state index in [2.05, 4.69) is 13.8 Å². The molecule has 2 aromatic rings. The highest BCUT2D eigenvalue weighted by molar-refractivity contribution is 7.89. The van der Waals surface area contributed by atoms with E-state index in [1.165, 1.54) is 17.5 Å². The monoisotopic (exact) mass is 434 g/mol. The van der Waals surface area contributed by atoms with Crippen molar-refractivity contribution in [3.8, 4) is 5.75 Å². The number of piperidine rings is 1. The van der Waals surface area contributed by atoms with E-state index in [4.69, 9.17) is 9.15 Å². The van der Waals surface area contributed by atoms with E-state index in [0.717, 1.165) is 12.0 Å². The Hall–Kier alpha value is -2.32. The molecule has 2 atom stereocenters. The Bertz CT molecular complexity index is 961. The minimum absolute atomic E-state index is 0.0384. The van der Waals surface area contributed by atoms with Crippen LogP contribution in [0.15, 0.2) is 46.1 Å². The molecule has 2 unspecified atom stereocenters. The van der Waals surface area contributed by atoms with Gasteiger partial charge < -0.3 is 14.1 Å². The summed E-state index contributed by atoms with van der Waals surface area (Å²) in [5, 5.41) is 0. The van der Waals surface area contributed by atoms with Gasteiger partial charge in [-0.3, -0.25) is 4.79 Å². The molecular weight excluding hydrogens is 404 g/mol. The summed E-state index contributed by atoms with van der Waals surface area (Å²) in [5.74, 6) is 0.572. The van der Waals surface area contributed by atoms with Gasteiger partial charge in [0.2, 0.25) is 10.0 Å². The fraction of sp³-hybridized carbons (Fsp3) is 0.500. The number of rotatable bonds is 7. The van der Waals surface area contributed by atoms with Gasteiger partial charge in [0.1, 0.15) is 10.6 Å². The molecule has 8 heteroatoms. The van der Waals surface area contributed by atoms with Gasteiger partial charge in [-0.25, -0.2) is 8.42 Å². The first-order valence-electron chi connectivity index (χ1n) is 10.2. The lowest BCUT2D eigenvalue weighted by Crippen LogP contribution is -2.42. The normalized spacial score (nSPS) is 20.1. The molecule has 1 aliphatic rings. The van der Waals surface area contributed by atoms with Crippen molar-refractivity contribution in [2.45, 2.75) is 38.6 Å². The van der Waals surface area contributed by atoms with Crippen LogP contribution in [0.1, 0.15) is 43.1 Å². The minimum Gasteiger partial charge on any atom is -0.495 e. The lowest BCUT2D eigenvalue weighted by atomic mass is 9.94. The first-order chi connectivity index (χ1) is 14.3. The molecule has 1 aromatic carbocycles. The molecule has 2 heterocycles. The molecule has 1 saturated heterocycles. The van der Waals surface area contributed by atoms with Gasteiger partial charge in [-0.05, 0) is 49.4 Å². The second-order valence-corrected chi connectivity index (χ2v) is 9.99. The van der Waals surface area contributed by atoms with Crippen molar-refractivity contribution in [2.75, 3.05) is 26.7 Å². The Morgan fingerprint density at radius 2 is 1.93 bits per heavy atom. The fourth-order valence-corrected chi connectivity index (χ4v) is 5.93. The summed E-state index contributed by atoms with van der Waals surface area (Å²) < 4.78 is 38.8. The third kappa shape index (κ3) is 4.70. The fourth-order valence-electron chi connectivity index (χ4n) is 4.07. The molecule has 0 N–H and O–H groups in total. The predicted molar refractivity (Wildman–Crippen MR) is 114 cm³/mol. The number of sulfonamides is 1. The SMILES string of the molecule is CCN(Cc1ccoc1)C(=O)c1ccc(OC)c(S(=O)(=O)N2CC(C)CC(C)C2)c1. The zero-order chi connectivity index (χ0) is 21.9. The molecule has 0 saturated carbocycles. The summed E-state index contributed by atoms with van der Waals surface area (Å²) in [6, 6.07) is 6.42. The minimum atomic E-state index is -3.79. The molecule has 1 fully saturated rings. The third-order valence-corrected chi connectivity index (χ3v) is 7.34. The topological polar surface area (TPSA) is 80.1 Å². The molecule has 1 aromatic heterocycles. The summed E-state index contributed by atoms with van der Waals surface area (Å²) in [6.45, 7) is 7.82. The number of furan rings is 1. The van der Waals surface area contributed by atoms with E-state index in [1.807, 2.05) is 6.92 Å². The lowest BCUT2D eigenvalue weighted by Gasteiger charge is -2.34. The smallest absolute Gasteiger partial charge is 0.254 e. The van der Waals surface area contributed by atoms with E-state index in [9.17, 15) is 13.2 Å². The van der Waals surface area contributed by atoms with Crippen LogP contribution in [0.5, 0.6) is 5.75 Å². The molecule has 0 aliphatic carbocycles. The van der Waals surface area contributed by atoms with Crippen LogP contribution in [0.2, 0.25) is 0 Å². The van der Waals surface area contributed by atoms with Crippen molar-refractivity contribution in [1.29, 1.82) is 0 Å². The third-order valence-electron chi connectivity index (χ3n) is 5.49. The molecule has 3 rings (SSSR count). The highest BCUT2D eigenvalue weighted by Crippen LogP contribution is 2.32. The molecule has 0 spiro atoms. The summed E-state index contributed by atoms with van der Waals surface area (Å²) in [5.41, 5.74) is 1.20. The largest absolute Gasteiger partial charge is 0.495 e. The number of benzene rings is 1. The number of carbonyl (C=O) groups excluding carboxylic acids is 1. The van der Waals surface area contributed by atoms with E-state index in [1.54, 1.807) is 35.6 Å². The molecule has 7 nitrogen and oxygen atoms in total. The van der Waals surface area contributed by atoms with Crippen molar-refractivity contribution in [3.63, 3.8) is 0 Å². The lowest BCUT2D eigenvalue weighted by molar-refractivity contribution is 0.0752. The number of hydrogen-bond donors (Lipinski definition) is 0. The van der Waals surface area contributed by atoms with Crippen LogP contribution in [0, 0.1) is 11.8 Å². The van der Waals surface area contributed by atoms with Crippen LogP contribution < -0.4 is 4.74 Å². The van der Waals surface area contributed by atoms with Gasteiger partial charge in [0, 0.05) is 37.3 Å². The zero-order valence-electron chi connectivity index (χ0n) is 18.0. The molecule has 1 aliphatic heterocycles. The molecular formula is C22H30N2O5S. The Morgan fingerprint density at radius 3 is 2.50 bits per heavy atom. The van der Waals surface area contributed by atoms with E-state index >= 15 is 0 Å². The van der Waals surface area contributed by atoms with Crippen molar-refractivity contribution < 1.29 is 22.4 Å². The Kier molecular flexibility index (Phi) is 6.88. The van der Waals surface area contributed by atoms with Crippen LogP contribution in [0.4, 0.5) is 0 Å². The molecule has 164 valence electrons. The quantitative estimate of drug-likeness (QED) is 0.665. The second kappa shape index (κ2) is 9.22. The van der Waals surface area contributed by atoms with Crippen LogP contribution in [0.3, 0.4) is 0 Å². The Labute approximate surface area is 178 Å². The van der Waals surface area contributed by atoms with Crippen molar-refractivity contribution in [2.24, 2.45) is 11.8 Å². The first-order valence-corrected chi connectivity index (χ1v) is 11.7. The molecule has 1 amide bonds. The Morgan fingerprint density at radius 1 is 1.23 bits per heavy atom. The molecule has 30 heavy (non-hydrogen) atoms. The number of hydrogen-bond acceptors (Lipinski definition) is 5. The van der Waals surface area contributed by atoms with Gasteiger partial charge in [0.15, 0.2) is 0 Å². The predicted octanol–water partition coefficient (Wildman–Crippen LogP) is 3.62. The van der Waals surface area contributed by atoms with Crippen molar-refractivity contribution >= 4 is 15.9 Å². The summed E-state index contributed by atoms with van der Waals surface area (Å²) in [7, 11) is -2.35. The van der Waals surface area contributed by atoms with Gasteiger partial charge in [0.05, 0.1) is 19.6 Å². The van der Waals surface area contributed by atoms with Gasteiger partial charge in [-0.15, -0.1) is 0 Å². The highest BCUT2D eigenvalue weighted by Gasteiger charge is 2.34. The van der Waals surface area contributed by atoms with Crippen molar-refractivity contribution in [1.82, 2.24) is 9.21 Å². The first kappa shape index (κ1) is 22.4. The van der Waals surface area contributed by atoms with E-state index in [-0.39, 0.29) is 28.4 Å². The summed E-state index contributed by atoms with van der Waals surface area (Å²) in [6.07, 6.45) is 4.16. The maximum Gasteiger partial charge on any atom is 0.254 e. The van der Waals surface area contributed by atoms with Gasteiger partial charge in [0.25, 0.3) is 5.91 Å². The number of nitrogens with zero attached hydrogens (tertiary/aromatic N) is 2. The number of carbonyl (C=O) groups is 1. The van der Waals surface area contributed by atoms with Gasteiger partial charge in [-0.1, -0.05) is 13.8 Å². The number of amides is 1. The van der Waals surface area contributed by atoms with E-state index < -0.39 is 10.0 Å². The maximum absolute atomic E-state index is 13.4. The van der Waals surface area contributed by atoms with Gasteiger partial charge >= 0.3 is 0 Å². The Balaban J connectivity index is 1.93. The summed E-state index contributed by atoms with van der Waals surface area (Å²) >= 11 is 0. The van der Waals surface area contributed by atoms with E-state index in [0.29, 0.717) is 31.7 Å². The second-order valence-electron chi connectivity index (χ2n) is 8.08. The summed E-state index contributed by atoms with van der Waals surface area (Å²) in [4.78, 5) is 14.8. The van der Waals surface area contributed by atoms with Crippen LogP contribution in [-0.4, -0.2) is 50.3 Å². The highest BCUT2D eigenvalue weighted by atomic mass is 32.2. The standard InChI is InChI=1S/C22H30N2O5S/c1-5-23(14-18-8-9-29-15-18)22(25)19-6-7-20(28-4)21(11-19)30(26,27)24-12-16(2)10-17(3)13-24/h6-9,11,15-17H,5,10,12-14H2,1-4H3. The van der Waals surface area contributed by atoms with Crippen LogP contribution in [-0.2, 0) is 16.6 Å². The molecule has 0 radical (unpaired) electrons. The maximum atomic E-state index is 13.4. The van der Waals surface area contributed by atoms with Crippen LogP contribution in [0.25, 0.3) is 0 Å². The zero-order valence-corrected chi connectivity index (χ0v) is 18.8. The average molecular weight is 435 g/mol.